The third kappa shape index (κ3) is 3.20. The smallest absolute Gasteiger partial charge is 0.0664 e. The Labute approximate surface area is 64.5 Å². The summed E-state index contributed by atoms with van der Waals surface area (Å²) in [5, 5.41) is 11.7. The van der Waals surface area contributed by atoms with Crippen molar-refractivity contribution in [2.75, 3.05) is 6.54 Å². The predicted molar refractivity (Wildman–Crippen MR) is 41.9 cm³/mol. The fourth-order valence-corrected chi connectivity index (χ4v) is 0.565. The van der Waals surface area contributed by atoms with Gasteiger partial charge in [0, 0.05) is 6.21 Å². The molecule has 11 heavy (non-hydrogen) atoms. The van der Waals surface area contributed by atoms with Gasteiger partial charge in [0.1, 0.15) is 0 Å². The standard InChI is InChI=1S/C4H5N.C3H4N2O/c1-2-4-5-3-1;6-5-3-1-2-4-5/h1-3H,4H2;1-3,6H. The highest BCUT2D eigenvalue weighted by Crippen LogP contribution is 1.78. The second-order valence-electron chi connectivity index (χ2n) is 1.87. The van der Waals surface area contributed by atoms with Crippen molar-refractivity contribution in [2.45, 2.75) is 0 Å². The number of allylic oxidation sites excluding steroid dienone is 1. The van der Waals surface area contributed by atoms with Gasteiger partial charge in [0.05, 0.1) is 18.9 Å². The third-order valence-electron chi connectivity index (χ3n) is 1.03. The summed E-state index contributed by atoms with van der Waals surface area (Å²) < 4.78 is 0. The van der Waals surface area contributed by atoms with Crippen molar-refractivity contribution in [1.82, 2.24) is 9.94 Å². The number of rotatable bonds is 0. The van der Waals surface area contributed by atoms with E-state index in [-0.39, 0.29) is 0 Å². The Morgan fingerprint density at radius 1 is 1.45 bits per heavy atom. The summed E-state index contributed by atoms with van der Waals surface area (Å²) in [5.74, 6) is 0. The highest BCUT2D eigenvalue weighted by atomic mass is 16.5. The summed E-state index contributed by atoms with van der Waals surface area (Å²) >= 11 is 0. The first-order valence-corrected chi connectivity index (χ1v) is 3.23. The maximum absolute atomic E-state index is 8.28. The van der Waals surface area contributed by atoms with E-state index in [9.17, 15) is 0 Å². The largest absolute Gasteiger partial charge is 0.412 e. The van der Waals surface area contributed by atoms with Gasteiger partial charge in [0.15, 0.2) is 0 Å². The molecule has 1 N–H and O–H groups in total. The Morgan fingerprint density at radius 2 is 2.36 bits per heavy atom. The van der Waals surface area contributed by atoms with Crippen molar-refractivity contribution in [1.29, 1.82) is 0 Å². The van der Waals surface area contributed by atoms with E-state index in [0.29, 0.717) is 0 Å². The Bertz CT molecular complexity index is 228. The molecule has 2 rings (SSSR count). The second-order valence-corrected chi connectivity index (χ2v) is 1.87. The van der Waals surface area contributed by atoms with Crippen LogP contribution in [0.15, 0.2) is 35.6 Å². The summed E-state index contributed by atoms with van der Waals surface area (Å²) in [6.07, 6.45) is 8.71. The van der Waals surface area contributed by atoms with Crippen LogP contribution in [0, 0.1) is 0 Å². The van der Waals surface area contributed by atoms with E-state index in [1.54, 1.807) is 12.3 Å². The van der Waals surface area contributed by atoms with Crippen LogP contribution in [0.25, 0.3) is 0 Å². The normalized spacial score (nSPS) is 12.7. The van der Waals surface area contributed by atoms with E-state index in [1.807, 2.05) is 12.2 Å². The lowest BCUT2D eigenvalue weighted by Crippen LogP contribution is -1.86. The van der Waals surface area contributed by atoms with Gasteiger partial charge in [-0.2, -0.15) is 0 Å². The van der Waals surface area contributed by atoms with Gasteiger partial charge < -0.3 is 5.21 Å². The molecular weight excluding hydrogens is 142 g/mol. The number of hydrogen-bond acceptors (Lipinski definition) is 3. The summed E-state index contributed by atoms with van der Waals surface area (Å²) in [4.78, 5) is 4.60. The zero-order valence-corrected chi connectivity index (χ0v) is 5.96. The van der Waals surface area contributed by atoms with Gasteiger partial charge in [-0.1, -0.05) is 6.08 Å². The lowest BCUT2D eigenvalue weighted by Gasteiger charge is -1.76. The molecule has 0 bridgehead atoms. The lowest BCUT2D eigenvalue weighted by atomic mass is 10.6. The monoisotopic (exact) mass is 151 g/mol. The molecule has 4 nitrogen and oxygen atoms in total. The molecule has 0 saturated carbocycles. The third-order valence-corrected chi connectivity index (χ3v) is 1.03. The molecule has 1 aliphatic rings. The topological polar surface area (TPSA) is 50.4 Å². The van der Waals surface area contributed by atoms with Crippen molar-refractivity contribution < 1.29 is 5.21 Å². The molecule has 0 radical (unpaired) electrons. The molecule has 0 amide bonds. The molecule has 4 heteroatoms. The quantitative estimate of drug-likeness (QED) is 0.556. The average molecular weight is 151 g/mol. The molecule has 1 aromatic heterocycles. The first-order chi connectivity index (χ1) is 5.39. The number of nitrogens with zero attached hydrogens (tertiary/aromatic N) is 3. The summed E-state index contributed by atoms with van der Waals surface area (Å²) in [6.45, 7) is 0.889. The van der Waals surface area contributed by atoms with Gasteiger partial charge in [-0.15, -0.1) is 9.94 Å². The molecular formula is C7H9N3O. The average Bonchev–Trinajstić information content (AvgIpc) is 2.57. The molecule has 0 unspecified atom stereocenters. The van der Waals surface area contributed by atoms with Gasteiger partial charge in [-0.25, -0.2) is 0 Å². The minimum Gasteiger partial charge on any atom is -0.412 e. The van der Waals surface area contributed by atoms with Crippen LogP contribution in [0.5, 0.6) is 0 Å². The van der Waals surface area contributed by atoms with E-state index in [2.05, 4.69) is 10.1 Å². The van der Waals surface area contributed by atoms with Crippen LogP contribution < -0.4 is 0 Å². The molecule has 58 valence electrons. The second kappa shape index (κ2) is 4.27. The number of hydrogen-bond donors (Lipinski definition) is 1. The van der Waals surface area contributed by atoms with Crippen molar-refractivity contribution in [2.24, 2.45) is 4.99 Å². The van der Waals surface area contributed by atoms with Crippen LogP contribution in [-0.2, 0) is 0 Å². The Morgan fingerprint density at radius 3 is 2.55 bits per heavy atom. The van der Waals surface area contributed by atoms with Gasteiger partial charge in [-0.3, -0.25) is 4.99 Å². The zero-order chi connectivity index (χ0) is 7.94. The van der Waals surface area contributed by atoms with Crippen molar-refractivity contribution in [3.05, 3.63) is 30.6 Å². The summed E-state index contributed by atoms with van der Waals surface area (Å²) in [7, 11) is 0. The SMILES string of the molecule is C1=CCN=C1.On1cccn1. The number of aromatic nitrogens is 2. The van der Waals surface area contributed by atoms with Crippen LogP contribution in [0.3, 0.4) is 0 Å². The molecule has 0 fully saturated rings. The zero-order valence-electron chi connectivity index (χ0n) is 5.96. The van der Waals surface area contributed by atoms with Gasteiger partial charge in [-0.05, 0) is 12.1 Å². The van der Waals surface area contributed by atoms with Gasteiger partial charge in [0.2, 0.25) is 0 Å². The van der Waals surface area contributed by atoms with E-state index in [4.69, 9.17) is 5.21 Å². The van der Waals surface area contributed by atoms with Crippen molar-refractivity contribution in [3.63, 3.8) is 0 Å². The molecule has 0 atom stereocenters. The first kappa shape index (κ1) is 7.53. The first-order valence-electron chi connectivity index (χ1n) is 3.23. The van der Waals surface area contributed by atoms with Crippen LogP contribution in [0.4, 0.5) is 0 Å². The van der Waals surface area contributed by atoms with Crippen LogP contribution in [0.2, 0.25) is 0 Å². The molecule has 0 aliphatic carbocycles. The highest BCUT2D eigenvalue weighted by Gasteiger charge is 1.72. The van der Waals surface area contributed by atoms with Crippen molar-refractivity contribution in [3.8, 4) is 0 Å². The lowest BCUT2D eigenvalue weighted by molar-refractivity contribution is 0.149. The molecule has 1 aromatic rings. The van der Waals surface area contributed by atoms with Crippen LogP contribution in [0.1, 0.15) is 0 Å². The minimum atomic E-state index is 0.750. The van der Waals surface area contributed by atoms with E-state index >= 15 is 0 Å². The molecule has 0 saturated heterocycles. The Hall–Kier alpha value is -1.58. The molecule has 1 aliphatic heterocycles. The Balaban J connectivity index is 0.000000112. The summed E-state index contributed by atoms with van der Waals surface area (Å²) in [5.41, 5.74) is 0. The predicted octanol–water partition coefficient (Wildman–Crippen LogP) is 0.747. The highest BCUT2D eigenvalue weighted by molar-refractivity contribution is 5.73. The van der Waals surface area contributed by atoms with Crippen LogP contribution in [-0.4, -0.2) is 27.9 Å². The fourth-order valence-electron chi connectivity index (χ4n) is 0.565. The van der Waals surface area contributed by atoms with Gasteiger partial charge in [0.25, 0.3) is 0 Å². The minimum absolute atomic E-state index is 0.750. The van der Waals surface area contributed by atoms with E-state index in [1.165, 1.54) is 12.4 Å². The molecule has 2 heterocycles. The number of aliphatic imine (C=N–C) groups is 1. The maximum atomic E-state index is 8.28. The van der Waals surface area contributed by atoms with Gasteiger partial charge >= 0.3 is 0 Å². The van der Waals surface area contributed by atoms with E-state index in [0.717, 1.165) is 11.4 Å². The van der Waals surface area contributed by atoms with Crippen molar-refractivity contribution >= 4 is 6.21 Å². The van der Waals surface area contributed by atoms with E-state index < -0.39 is 0 Å². The Kier molecular flexibility index (Phi) is 2.92. The fraction of sp³-hybridized carbons (Fsp3) is 0.143. The maximum Gasteiger partial charge on any atom is 0.0664 e. The molecule has 0 spiro atoms. The van der Waals surface area contributed by atoms with Crippen LogP contribution >= 0.6 is 0 Å². The summed E-state index contributed by atoms with van der Waals surface area (Å²) in [6, 6.07) is 1.64. The molecule has 0 aromatic carbocycles.